The second-order valence-electron chi connectivity index (χ2n) is 4.03. The van der Waals surface area contributed by atoms with Crippen molar-refractivity contribution in [1.29, 1.82) is 0 Å². The highest BCUT2D eigenvalue weighted by molar-refractivity contribution is 14.1. The Hall–Kier alpha value is -0.850. The van der Waals surface area contributed by atoms with Crippen LogP contribution >= 0.6 is 22.6 Å². The third-order valence-corrected chi connectivity index (χ3v) is 3.09. The largest absolute Gasteiger partial charge is 0.384 e. The first-order valence-electron chi connectivity index (χ1n) is 5.18. The molecular weight excluding hydrogens is 319 g/mol. The van der Waals surface area contributed by atoms with Crippen molar-refractivity contribution < 1.29 is 4.92 Å². The summed E-state index contributed by atoms with van der Waals surface area (Å²) in [5.41, 5.74) is 1.10. The lowest BCUT2D eigenvalue weighted by molar-refractivity contribution is -0.384. The first kappa shape index (κ1) is 13.2. The lowest BCUT2D eigenvalue weighted by atomic mass is 10.1. The summed E-state index contributed by atoms with van der Waals surface area (Å²) in [6.07, 6.45) is 1.09. The van der Waals surface area contributed by atoms with Crippen molar-refractivity contribution in [2.75, 3.05) is 11.9 Å². The van der Waals surface area contributed by atoms with Gasteiger partial charge in [-0.2, -0.15) is 0 Å². The van der Waals surface area contributed by atoms with Crippen LogP contribution in [-0.2, 0) is 0 Å². The number of non-ortho nitro benzene ring substituents is 1. The molecule has 1 aromatic carbocycles. The molecule has 0 aliphatic heterocycles. The zero-order chi connectivity index (χ0) is 12.1. The fourth-order valence-corrected chi connectivity index (χ4v) is 1.95. The lowest BCUT2D eigenvalue weighted by Crippen LogP contribution is -2.06. The van der Waals surface area contributed by atoms with Crippen molar-refractivity contribution in [3.8, 4) is 0 Å². The van der Waals surface area contributed by atoms with Crippen LogP contribution in [0.25, 0.3) is 0 Å². The Kier molecular flexibility index (Phi) is 4.98. The Balaban J connectivity index is 2.64. The van der Waals surface area contributed by atoms with E-state index >= 15 is 0 Å². The molecule has 0 spiro atoms. The molecule has 0 heterocycles. The highest BCUT2D eigenvalue weighted by Gasteiger charge is 2.08. The number of anilines is 1. The summed E-state index contributed by atoms with van der Waals surface area (Å²) in [4.78, 5) is 10.2. The molecule has 0 aliphatic rings. The van der Waals surface area contributed by atoms with Crippen LogP contribution in [-0.4, -0.2) is 11.5 Å². The minimum Gasteiger partial charge on any atom is -0.384 e. The summed E-state index contributed by atoms with van der Waals surface area (Å²) in [6.45, 7) is 5.23. The van der Waals surface area contributed by atoms with E-state index in [0.717, 1.165) is 22.2 Å². The number of rotatable bonds is 5. The summed E-state index contributed by atoms with van der Waals surface area (Å²) in [6, 6.07) is 4.87. The Morgan fingerprint density at radius 1 is 1.50 bits per heavy atom. The van der Waals surface area contributed by atoms with Gasteiger partial charge in [-0.3, -0.25) is 10.1 Å². The van der Waals surface area contributed by atoms with Crippen LogP contribution in [0.2, 0.25) is 0 Å². The van der Waals surface area contributed by atoms with E-state index in [9.17, 15) is 10.1 Å². The topological polar surface area (TPSA) is 55.2 Å². The highest BCUT2D eigenvalue weighted by Crippen LogP contribution is 2.23. The molecular formula is C11H15IN2O2. The van der Waals surface area contributed by atoms with Crippen molar-refractivity contribution in [3.63, 3.8) is 0 Å². The molecule has 0 amide bonds. The molecule has 0 fully saturated rings. The zero-order valence-electron chi connectivity index (χ0n) is 9.37. The van der Waals surface area contributed by atoms with Crippen LogP contribution in [0.1, 0.15) is 20.3 Å². The van der Waals surface area contributed by atoms with E-state index in [0.29, 0.717) is 5.92 Å². The van der Waals surface area contributed by atoms with Gasteiger partial charge in [-0.25, -0.2) is 0 Å². The van der Waals surface area contributed by atoms with Crippen LogP contribution in [0.4, 0.5) is 11.4 Å². The molecule has 5 heteroatoms. The van der Waals surface area contributed by atoms with Gasteiger partial charge in [0.1, 0.15) is 0 Å². The maximum atomic E-state index is 10.5. The Bertz CT molecular complexity index is 380. The average molecular weight is 334 g/mol. The van der Waals surface area contributed by atoms with Gasteiger partial charge < -0.3 is 5.32 Å². The van der Waals surface area contributed by atoms with Crippen molar-refractivity contribution in [2.45, 2.75) is 20.3 Å². The standard InChI is InChI=1S/C11H15IN2O2/c1-8(2)5-6-13-11-4-3-9(14(15)16)7-10(11)12/h3-4,7-8,13H,5-6H2,1-2H3. The molecule has 0 saturated heterocycles. The fourth-order valence-electron chi connectivity index (χ4n) is 1.26. The zero-order valence-corrected chi connectivity index (χ0v) is 11.5. The SMILES string of the molecule is CC(C)CCNc1ccc([N+](=O)[O-])cc1I. The van der Waals surface area contributed by atoms with E-state index in [4.69, 9.17) is 0 Å². The molecule has 0 aromatic heterocycles. The molecule has 1 aromatic rings. The number of hydrogen-bond donors (Lipinski definition) is 1. The van der Waals surface area contributed by atoms with Gasteiger partial charge >= 0.3 is 0 Å². The van der Waals surface area contributed by atoms with E-state index in [1.54, 1.807) is 12.1 Å². The minimum atomic E-state index is -0.375. The molecule has 0 aliphatic carbocycles. The molecule has 0 atom stereocenters. The molecule has 0 saturated carbocycles. The van der Waals surface area contributed by atoms with E-state index < -0.39 is 0 Å². The Labute approximate surface area is 109 Å². The number of nitro groups is 1. The maximum absolute atomic E-state index is 10.5. The van der Waals surface area contributed by atoms with Crippen molar-refractivity contribution in [2.24, 2.45) is 5.92 Å². The normalized spacial score (nSPS) is 10.5. The number of benzene rings is 1. The summed E-state index contributed by atoms with van der Waals surface area (Å²) in [5, 5.41) is 13.8. The van der Waals surface area contributed by atoms with Crippen LogP contribution in [0, 0.1) is 19.6 Å². The summed E-state index contributed by atoms with van der Waals surface area (Å²) in [5.74, 6) is 0.656. The van der Waals surface area contributed by atoms with Crippen LogP contribution < -0.4 is 5.32 Å². The summed E-state index contributed by atoms with van der Waals surface area (Å²) < 4.78 is 0.885. The van der Waals surface area contributed by atoms with Crippen molar-refractivity contribution in [1.82, 2.24) is 0 Å². The molecule has 88 valence electrons. The lowest BCUT2D eigenvalue weighted by Gasteiger charge is -2.09. The second-order valence-corrected chi connectivity index (χ2v) is 5.19. The fraction of sp³-hybridized carbons (Fsp3) is 0.455. The summed E-state index contributed by atoms with van der Waals surface area (Å²) >= 11 is 2.11. The molecule has 0 unspecified atom stereocenters. The van der Waals surface area contributed by atoms with E-state index in [2.05, 4.69) is 41.8 Å². The van der Waals surface area contributed by atoms with E-state index in [1.165, 1.54) is 6.07 Å². The van der Waals surface area contributed by atoms with Gasteiger partial charge in [0, 0.05) is 27.9 Å². The molecule has 16 heavy (non-hydrogen) atoms. The number of nitrogens with zero attached hydrogens (tertiary/aromatic N) is 1. The minimum absolute atomic E-state index is 0.138. The first-order valence-corrected chi connectivity index (χ1v) is 6.26. The van der Waals surface area contributed by atoms with Crippen LogP contribution in [0.15, 0.2) is 18.2 Å². The number of nitro benzene ring substituents is 1. The second kappa shape index (κ2) is 6.03. The van der Waals surface area contributed by atoms with Gasteiger partial charge in [-0.15, -0.1) is 0 Å². The molecule has 0 bridgehead atoms. The first-order chi connectivity index (χ1) is 7.50. The number of nitrogens with one attached hydrogen (secondary N) is 1. The van der Waals surface area contributed by atoms with Gasteiger partial charge in [0.05, 0.1) is 4.92 Å². The van der Waals surface area contributed by atoms with Crippen molar-refractivity contribution in [3.05, 3.63) is 31.9 Å². The monoisotopic (exact) mass is 334 g/mol. The smallest absolute Gasteiger partial charge is 0.270 e. The molecule has 1 rings (SSSR count). The number of halogens is 1. The van der Waals surface area contributed by atoms with Gasteiger partial charge in [0.25, 0.3) is 5.69 Å². The molecule has 1 N–H and O–H groups in total. The quantitative estimate of drug-likeness (QED) is 0.508. The highest BCUT2D eigenvalue weighted by atomic mass is 127. The predicted octanol–water partition coefficient (Wildman–Crippen LogP) is 3.66. The Morgan fingerprint density at radius 3 is 2.69 bits per heavy atom. The molecule has 0 radical (unpaired) electrons. The average Bonchev–Trinajstić information content (AvgIpc) is 2.19. The van der Waals surface area contributed by atoms with Crippen LogP contribution in [0.3, 0.4) is 0 Å². The van der Waals surface area contributed by atoms with Gasteiger partial charge in [0.15, 0.2) is 0 Å². The van der Waals surface area contributed by atoms with Gasteiger partial charge in [-0.05, 0) is 41.0 Å². The predicted molar refractivity (Wildman–Crippen MR) is 73.8 cm³/mol. The van der Waals surface area contributed by atoms with E-state index in [1.807, 2.05) is 0 Å². The third kappa shape index (κ3) is 3.96. The Morgan fingerprint density at radius 2 is 2.19 bits per heavy atom. The van der Waals surface area contributed by atoms with Gasteiger partial charge in [0.2, 0.25) is 0 Å². The molecule has 4 nitrogen and oxygen atoms in total. The van der Waals surface area contributed by atoms with Gasteiger partial charge in [-0.1, -0.05) is 13.8 Å². The van der Waals surface area contributed by atoms with E-state index in [-0.39, 0.29) is 10.6 Å². The third-order valence-electron chi connectivity index (χ3n) is 2.20. The van der Waals surface area contributed by atoms with Crippen molar-refractivity contribution >= 4 is 34.0 Å². The summed E-state index contributed by atoms with van der Waals surface area (Å²) in [7, 11) is 0. The van der Waals surface area contributed by atoms with Crippen LogP contribution in [0.5, 0.6) is 0 Å². The maximum Gasteiger partial charge on any atom is 0.270 e. The number of hydrogen-bond acceptors (Lipinski definition) is 3.